The van der Waals surface area contributed by atoms with Crippen LogP contribution in [0.15, 0.2) is 30.6 Å². The monoisotopic (exact) mass is 372 g/mol. The summed E-state index contributed by atoms with van der Waals surface area (Å²) in [5.41, 5.74) is 2.11. The third kappa shape index (κ3) is 3.28. The van der Waals surface area contributed by atoms with E-state index in [0.717, 1.165) is 11.1 Å². The third-order valence-corrected chi connectivity index (χ3v) is 4.91. The zero-order chi connectivity index (χ0) is 19.9. The average Bonchev–Trinajstić information content (AvgIpc) is 3.11. The van der Waals surface area contributed by atoms with E-state index < -0.39 is 11.6 Å². The molecule has 0 radical (unpaired) electrons. The van der Waals surface area contributed by atoms with Gasteiger partial charge in [0.05, 0.1) is 35.8 Å². The maximum absolute atomic E-state index is 12.1. The number of rotatable bonds is 3. The van der Waals surface area contributed by atoms with Crippen LogP contribution in [-0.2, 0) is 10.3 Å². The molecule has 2 N–H and O–H groups in total. The zero-order valence-corrected chi connectivity index (χ0v) is 15.9. The summed E-state index contributed by atoms with van der Waals surface area (Å²) in [6.45, 7) is 7.20. The number of carbonyl (C=O) groups excluding carboxylic acids is 1. The zero-order valence-electron chi connectivity index (χ0n) is 15.9. The number of nitrogens with zero attached hydrogens (tertiary/aromatic N) is 4. The molecule has 144 valence electrons. The van der Waals surface area contributed by atoms with Crippen molar-refractivity contribution in [3.8, 4) is 11.1 Å². The van der Waals surface area contributed by atoms with Crippen LogP contribution >= 0.6 is 0 Å². The summed E-state index contributed by atoms with van der Waals surface area (Å²) in [5.74, 6) is -0.126. The SMILES string of the molecule is CC(=O)N1c2ccc(-c3cnn(C(C)(C)CO)c3)cc2N(C(=O)O)C[C@@H]1C. The van der Waals surface area contributed by atoms with E-state index in [2.05, 4.69) is 5.10 Å². The van der Waals surface area contributed by atoms with Crippen LogP contribution in [0.25, 0.3) is 11.1 Å². The van der Waals surface area contributed by atoms with Gasteiger partial charge in [-0.1, -0.05) is 6.07 Å². The van der Waals surface area contributed by atoms with Gasteiger partial charge >= 0.3 is 6.09 Å². The van der Waals surface area contributed by atoms with Gasteiger partial charge in [-0.25, -0.2) is 4.79 Å². The molecular formula is C19H24N4O4. The number of aliphatic hydroxyl groups is 1. The van der Waals surface area contributed by atoms with Crippen LogP contribution in [0.1, 0.15) is 27.7 Å². The number of hydrogen-bond donors (Lipinski definition) is 2. The van der Waals surface area contributed by atoms with Gasteiger partial charge in [0.2, 0.25) is 5.91 Å². The largest absolute Gasteiger partial charge is 0.465 e. The van der Waals surface area contributed by atoms with E-state index in [1.165, 1.54) is 11.8 Å². The molecule has 1 aromatic heterocycles. The highest BCUT2D eigenvalue weighted by Crippen LogP contribution is 2.39. The fourth-order valence-corrected chi connectivity index (χ4v) is 3.34. The minimum Gasteiger partial charge on any atom is -0.465 e. The van der Waals surface area contributed by atoms with Crippen molar-refractivity contribution >= 4 is 23.4 Å². The van der Waals surface area contributed by atoms with Gasteiger partial charge in [0, 0.05) is 25.2 Å². The summed E-state index contributed by atoms with van der Waals surface area (Å²) in [6.07, 6.45) is 2.44. The van der Waals surface area contributed by atoms with Crippen molar-refractivity contribution in [2.45, 2.75) is 39.3 Å². The summed E-state index contributed by atoms with van der Waals surface area (Å²) < 4.78 is 1.68. The van der Waals surface area contributed by atoms with Crippen LogP contribution in [0.2, 0.25) is 0 Å². The number of anilines is 2. The molecule has 3 rings (SSSR count). The molecule has 2 amide bonds. The average molecular weight is 372 g/mol. The highest BCUT2D eigenvalue weighted by atomic mass is 16.4. The second-order valence-electron chi connectivity index (χ2n) is 7.48. The second kappa shape index (κ2) is 6.70. The summed E-state index contributed by atoms with van der Waals surface area (Å²) in [5, 5.41) is 23.4. The number of aliphatic hydroxyl groups excluding tert-OH is 1. The van der Waals surface area contributed by atoms with Crippen molar-refractivity contribution in [2.75, 3.05) is 23.0 Å². The molecule has 1 aliphatic rings. The number of benzene rings is 1. The molecule has 27 heavy (non-hydrogen) atoms. The fraction of sp³-hybridized carbons (Fsp3) is 0.421. The van der Waals surface area contributed by atoms with Crippen LogP contribution in [0.5, 0.6) is 0 Å². The van der Waals surface area contributed by atoms with Crippen LogP contribution in [0.4, 0.5) is 16.2 Å². The Morgan fingerprint density at radius 3 is 2.56 bits per heavy atom. The van der Waals surface area contributed by atoms with Gasteiger partial charge in [-0.2, -0.15) is 5.10 Å². The molecule has 0 bridgehead atoms. The molecule has 8 nitrogen and oxygen atoms in total. The molecule has 1 aromatic carbocycles. The number of carboxylic acid groups (broad SMARTS) is 1. The van der Waals surface area contributed by atoms with Crippen molar-refractivity contribution in [3.63, 3.8) is 0 Å². The van der Waals surface area contributed by atoms with Gasteiger partial charge in [0.25, 0.3) is 0 Å². The van der Waals surface area contributed by atoms with Crippen LogP contribution < -0.4 is 9.80 Å². The standard InChI is InChI=1S/C19H24N4O4/c1-12-9-21(18(26)27)17-7-14(5-6-16(17)23(12)13(2)25)15-8-20-22(10-15)19(3,4)11-24/h5-8,10,12,24H,9,11H2,1-4H3,(H,26,27)/t12-/m0/s1. The predicted molar refractivity (Wildman–Crippen MR) is 102 cm³/mol. The van der Waals surface area contributed by atoms with Crippen molar-refractivity contribution in [3.05, 3.63) is 30.6 Å². The van der Waals surface area contributed by atoms with Gasteiger partial charge in [-0.15, -0.1) is 0 Å². The lowest BCUT2D eigenvalue weighted by molar-refractivity contribution is -0.117. The topological polar surface area (TPSA) is 98.9 Å². The first-order valence-electron chi connectivity index (χ1n) is 8.76. The van der Waals surface area contributed by atoms with E-state index in [0.29, 0.717) is 11.4 Å². The Morgan fingerprint density at radius 1 is 1.26 bits per heavy atom. The molecular weight excluding hydrogens is 348 g/mol. The number of carbonyl (C=O) groups is 2. The summed E-state index contributed by atoms with van der Waals surface area (Å²) in [6, 6.07) is 5.13. The lowest BCUT2D eigenvalue weighted by atomic mass is 10.0. The predicted octanol–water partition coefficient (Wildman–Crippen LogP) is 2.52. The minimum atomic E-state index is -1.06. The molecule has 2 heterocycles. The Bertz CT molecular complexity index is 890. The van der Waals surface area contributed by atoms with Crippen molar-refractivity contribution in [2.24, 2.45) is 0 Å². The van der Waals surface area contributed by atoms with E-state index in [9.17, 15) is 19.8 Å². The van der Waals surface area contributed by atoms with Gasteiger partial charge < -0.3 is 15.1 Å². The summed E-state index contributed by atoms with van der Waals surface area (Å²) in [4.78, 5) is 26.7. The van der Waals surface area contributed by atoms with E-state index in [4.69, 9.17) is 0 Å². The molecule has 1 atom stereocenters. The van der Waals surface area contributed by atoms with Crippen LogP contribution in [0, 0.1) is 0 Å². The molecule has 2 aromatic rings. The first kappa shape index (κ1) is 18.9. The maximum atomic E-state index is 12.1. The lowest BCUT2D eigenvalue weighted by Crippen LogP contribution is -2.51. The number of hydrogen-bond acceptors (Lipinski definition) is 4. The molecule has 0 saturated heterocycles. The van der Waals surface area contributed by atoms with Crippen molar-refractivity contribution in [1.29, 1.82) is 0 Å². The first-order valence-corrected chi connectivity index (χ1v) is 8.76. The Labute approximate surface area is 157 Å². The van der Waals surface area contributed by atoms with Crippen LogP contribution in [-0.4, -0.2) is 51.2 Å². The molecule has 1 aliphatic heterocycles. The highest BCUT2D eigenvalue weighted by molar-refractivity contribution is 6.02. The lowest BCUT2D eigenvalue weighted by Gasteiger charge is -2.39. The molecule has 8 heteroatoms. The summed E-state index contributed by atoms with van der Waals surface area (Å²) in [7, 11) is 0. The van der Waals surface area contributed by atoms with Gasteiger partial charge in [-0.05, 0) is 38.5 Å². The third-order valence-electron chi connectivity index (χ3n) is 4.91. The Kier molecular flexibility index (Phi) is 4.69. The van der Waals surface area contributed by atoms with E-state index in [1.807, 2.05) is 33.0 Å². The minimum absolute atomic E-state index is 0.0590. The van der Waals surface area contributed by atoms with Crippen molar-refractivity contribution in [1.82, 2.24) is 9.78 Å². The highest BCUT2D eigenvalue weighted by Gasteiger charge is 2.33. The number of aromatic nitrogens is 2. The summed E-state index contributed by atoms with van der Waals surface area (Å²) >= 11 is 0. The number of amides is 2. The normalized spacial score (nSPS) is 17.0. The molecule has 0 fully saturated rings. The molecule has 0 unspecified atom stereocenters. The van der Waals surface area contributed by atoms with Gasteiger partial charge in [-0.3, -0.25) is 14.4 Å². The van der Waals surface area contributed by atoms with E-state index in [-0.39, 0.29) is 25.1 Å². The molecule has 0 spiro atoms. The smallest absolute Gasteiger partial charge is 0.411 e. The maximum Gasteiger partial charge on any atom is 0.411 e. The second-order valence-corrected chi connectivity index (χ2v) is 7.48. The quantitative estimate of drug-likeness (QED) is 0.862. The first-order chi connectivity index (χ1) is 12.7. The van der Waals surface area contributed by atoms with E-state index >= 15 is 0 Å². The fourth-order valence-electron chi connectivity index (χ4n) is 3.34. The molecule has 0 saturated carbocycles. The Morgan fingerprint density at radius 2 is 1.96 bits per heavy atom. The van der Waals surface area contributed by atoms with Crippen molar-refractivity contribution < 1.29 is 19.8 Å². The Balaban J connectivity index is 2.08. The van der Waals surface area contributed by atoms with Gasteiger partial charge in [0.15, 0.2) is 0 Å². The Hall–Kier alpha value is -2.87. The van der Waals surface area contributed by atoms with Gasteiger partial charge in [0.1, 0.15) is 0 Å². The van der Waals surface area contributed by atoms with Crippen LogP contribution in [0.3, 0.4) is 0 Å². The number of fused-ring (bicyclic) bond motifs is 1. The van der Waals surface area contributed by atoms with E-state index in [1.54, 1.807) is 27.9 Å². The molecule has 0 aliphatic carbocycles.